The fourth-order valence-corrected chi connectivity index (χ4v) is 4.57. The van der Waals surface area contributed by atoms with Crippen LogP contribution in [0, 0.1) is 0 Å². The first-order chi connectivity index (χ1) is 11.3. The fourth-order valence-electron chi connectivity index (χ4n) is 4.57. The Kier molecular flexibility index (Phi) is 5.36. The molecule has 1 aromatic rings. The van der Waals surface area contributed by atoms with Crippen molar-refractivity contribution < 1.29 is 4.74 Å². The molecule has 134 valence electrons. The van der Waals surface area contributed by atoms with E-state index in [9.17, 15) is 0 Å². The van der Waals surface area contributed by atoms with Crippen molar-refractivity contribution in [1.82, 2.24) is 4.90 Å². The highest BCUT2D eigenvalue weighted by atomic mass is 16.5. The minimum atomic E-state index is 0.244. The van der Waals surface area contributed by atoms with Gasteiger partial charge in [-0.15, -0.1) is 0 Å². The predicted molar refractivity (Wildman–Crippen MR) is 102 cm³/mol. The van der Waals surface area contributed by atoms with Gasteiger partial charge in [-0.3, -0.25) is 4.90 Å². The smallest absolute Gasteiger partial charge is 0.0678 e. The van der Waals surface area contributed by atoms with Gasteiger partial charge in [-0.25, -0.2) is 0 Å². The zero-order valence-electron chi connectivity index (χ0n) is 16.2. The van der Waals surface area contributed by atoms with Crippen molar-refractivity contribution in [2.45, 2.75) is 89.9 Å². The molecule has 1 saturated carbocycles. The first-order valence-electron chi connectivity index (χ1n) is 9.83. The molecule has 2 nitrogen and oxygen atoms in total. The van der Waals surface area contributed by atoms with Crippen LogP contribution >= 0.6 is 0 Å². The number of hydrogen-bond acceptors (Lipinski definition) is 2. The van der Waals surface area contributed by atoms with Gasteiger partial charge in [0.05, 0.1) is 12.2 Å². The van der Waals surface area contributed by atoms with Gasteiger partial charge < -0.3 is 4.74 Å². The predicted octanol–water partition coefficient (Wildman–Crippen LogP) is 5.12. The van der Waals surface area contributed by atoms with E-state index in [4.69, 9.17) is 4.74 Å². The third kappa shape index (κ3) is 4.21. The highest BCUT2D eigenvalue weighted by molar-refractivity contribution is 5.30. The number of rotatable bonds is 2. The molecule has 2 heteroatoms. The van der Waals surface area contributed by atoms with Gasteiger partial charge >= 0.3 is 0 Å². The van der Waals surface area contributed by atoms with E-state index in [0.717, 1.165) is 25.0 Å². The molecule has 2 aliphatic rings. The van der Waals surface area contributed by atoms with E-state index in [1.54, 1.807) is 5.56 Å². The maximum absolute atomic E-state index is 5.92. The highest BCUT2D eigenvalue weighted by Crippen LogP contribution is 2.36. The fraction of sp³-hybridized carbons (Fsp3) is 0.727. The van der Waals surface area contributed by atoms with E-state index in [1.165, 1.54) is 31.2 Å². The molecule has 0 bridgehead atoms. The Morgan fingerprint density at radius 3 is 2.17 bits per heavy atom. The van der Waals surface area contributed by atoms with Crippen LogP contribution in [0.4, 0.5) is 0 Å². The lowest BCUT2D eigenvalue weighted by Gasteiger charge is -2.43. The standard InChI is InChI=1S/C22H35NO/c1-16-14-23(15-17(2)24-16)21-8-6-7-19(13-21)18-9-11-20(12-10-18)22(3,4)5/h9-12,16-17,19,21H,6-8,13-15H2,1-5H3/t16-,17+,19-,21+/m1/s1. The van der Waals surface area contributed by atoms with E-state index in [-0.39, 0.29) is 5.41 Å². The first-order valence-corrected chi connectivity index (χ1v) is 9.83. The maximum Gasteiger partial charge on any atom is 0.0678 e. The molecule has 0 unspecified atom stereocenters. The van der Waals surface area contributed by atoms with E-state index in [2.05, 4.69) is 63.8 Å². The van der Waals surface area contributed by atoms with Crippen LogP contribution in [0.1, 0.15) is 77.3 Å². The quantitative estimate of drug-likeness (QED) is 0.746. The Bertz CT molecular complexity index is 520. The summed E-state index contributed by atoms with van der Waals surface area (Å²) in [5, 5.41) is 0. The number of benzene rings is 1. The summed E-state index contributed by atoms with van der Waals surface area (Å²) < 4.78 is 5.92. The summed E-state index contributed by atoms with van der Waals surface area (Å²) in [6.07, 6.45) is 6.13. The van der Waals surface area contributed by atoms with Crippen molar-refractivity contribution in [2.24, 2.45) is 0 Å². The molecule has 4 atom stereocenters. The molecule has 3 rings (SSSR count). The van der Waals surface area contributed by atoms with Gasteiger partial charge in [0, 0.05) is 19.1 Å². The molecule has 1 aromatic carbocycles. The molecule has 0 radical (unpaired) electrons. The molecule has 2 fully saturated rings. The number of morpholine rings is 1. The van der Waals surface area contributed by atoms with Crippen molar-refractivity contribution in [3.8, 4) is 0 Å². The Labute approximate surface area is 148 Å². The largest absolute Gasteiger partial charge is 0.373 e. The molecular formula is C22H35NO. The van der Waals surface area contributed by atoms with Crippen LogP contribution < -0.4 is 0 Å². The van der Waals surface area contributed by atoms with Gasteiger partial charge in [-0.2, -0.15) is 0 Å². The van der Waals surface area contributed by atoms with E-state index >= 15 is 0 Å². The van der Waals surface area contributed by atoms with Gasteiger partial charge in [0.25, 0.3) is 0 Å². The van der Waals surface area contributed by atoms with Crippen LogP contribution in [0.15, 0.2) is 24.3 Å². The van der Waals surface area contributed by atoms with Crippen LogP contribution in [-0.2, 0) is 10.2 Å². The number of ether oxygens (including phenoxy) is 1. The first kappa shape index (κ1) is 17.9. The van der Waals surface area contributed by atoms with Crippen molar-refractivity contribution in [3.05, 3.63) is 35.4 Å². The number of nitrogens with zero attached hydrogens (tertiary/aromatic N) is 1. The van der Waals surface area contributed by atoms with E-state index in [0.29, 0.717) is 12.2 Å². The van der Waals surface area contributed by atoms with Crippen LogP contribution in [-0.4, -0.2) is 36.2 Å². The van der Waals surface area contributed by atoms with E-state index < -0.39 is 0 Å². The molecule has 1 aliphatic heterocycles. The summed E-state index contributed by atoms with van der Waals surface area (Å²) >= 11 is 0. The normalized spacial score (nSPS) is 32.7. The van der Waals surface area contributed by atoms with Gasteiger partial charge in [-0.05, 0) is 55.6 Å². The topological polar surface area (TPSA) is 12.5 Å². The van der Waals surface area contributed by atoms with Crippen LogP contribution in [0.3, 0.4) is 0 Å². The second-order valence-electron chi connectivity index (χ2n) is 9.10. The minimum Gasteiger partial charge on any atom is -0.373 e. The SMILES string of the molecule is C[C@@H]1CN([C@H]2CCC[C@@H](c3ccc(C(C)(C)C)cc3)C2)C[C@H](C)O1. The molecule has 0 N–H and O–H groups in total. The van der Waals surface area contributed by atoms with Gasteiger partial charge in [-0.1, -0.05) is 51.5 Å². The third-order valence-electron chi connectivity index (χ3n) is 5.86. The van der Waals surface area contributed by atoms with Crippen LogP contribution in [0.5, 0.6) is 0 Å². The molecule has 1 aliphatic carbocycles. The van der Waals surface area contributed by atoms with Crippen molar-refractivity contribution in [2.75, 3.05) is 13.1 Å². The average molecular weight is 330 g/mol. The summed E-state index contributed by atoms with van der Waals surface area (Å²) in [5.74, 6) is 0.728. The molecular weight excluding hydrogens is 294 g/mol. The van der Waals surface area contributed by atoms with Crippen molar-refractivity contribution in [3.63, 3.8) is 0 Å². The summed E-state index contributed by atoms with van der Waals surface area (Å²) in [7, 11) is 0. The summed E-state index contributed by atoms with van der Waals surface area (Å²) in [4.78, 5) is 2.70. The van der Waals surface area contributed by atoms with E-state index in [1.807, 2.05) is 0 Å². The number of hydrogen-bond donors (Lipinski definition) is 0. The Morgan fingerprint density at radius 2 is 1.58 bits per heavy atom. The Morgan fingerprint density at radius 1 is 0.958 bits per heavy atom. The summed E-state index contributed by atoms with van der Waals surface area (Å²) in [5.41, 5.74) is 3.23. The zero-order chi connectivity index (χ0) is 17.3. The summed E-state index contributed by atoms with van der Waals surface area (Å²) in [6, 6.07) is 10.2. The van der Waals surface area contributed by atoms with Crippen molar-refractivity contribution in [1.29, 1.82) is 0 Å². The molecule has 0 aromatic heterocycles. The van der Waals surface area contributed by atoms with Crippen LogP contribution in [0.25, 0.3) is 0 Å². The zero-order valence-corrected chi connectivity index (χ0v) is 16.2. The lowest BCUT2D eigenvalue weighted by Crippen LogP contribution is -2.51. The maximum atomic E-state index is 5.92. The average Bonchev–Trinajstić information content (AvgIpc) is 2.53. The molecule has 0 amide bonds. The summed E-state index contributed by atoms with van der Waals surface area (Å²) in [6.45, 7) is 13.5. The molecule has 1 saturated heterocycles. The van der Waals surface area contributed by atoms with Gasteiger partial charge in [0.15, 0.2) is 0 Å². The van der Waals surface area contributed by atoms with Crippen LogP contribution in [0.2, 0.25) is 0 Å². The second-order valence-corrected chi connectivity index (χ2v) is 9.10. The van der Waals surface area contributed by atoms with Gasteiger partial charge in [0.2, 0.25) is 0 Å². The Balaban J connectivity index is 1.67. The molecule has 0 spiro atoms. The highest BCUT2D eigenvalue weighted by Gasteiger charge is 2.32. The molecule has 1 heterocycles. The second kappa shape index (κ2) is 7.17. The third-order valence-corrected chi connectivity index (χ3v) is 5.86. The molecule has 24 heavy (non-hydrogen) atoms. The van der Waals surface area contributed by atoms with Gasteiger partial charge in [0.1, 0.15) is 0 Å². The lowest BCUT2D eigenvalue weighted by atomic mass is 9.79. The lowest BCUT2D eigenvalue weighted by molar-refractivity contribution is -0.0848. The minimum absolute atomic E-state index is 0.244. The monoisotopic (exact) mass is 329 g/mol. The Hall–Kier alpha value is -0.860. The van der Waals surface area contributed by atoms with Crippen molar-refractivity contribution >= 4 is 0 Å².